The van der Waals surface area contributed by atoms with E-state index in [4.69, 9.17) is 0 Å². The first kappa shape index (κ1) is 24.4. The van der Waals surface area contributed by atoms with Gasteiger partial charge in [0.2, 0.25) is 0 Å². The van der Waals surface area contributed by atoms with Gasteiger partial charge in [-0.25, -0.2) is 0 Å². The lowest BCUT2D eigenvalue weighted by molar-refractivity contribution is 0.965. The normalized spacial score (nSPS) is 8.41. The predicted octanol–water partition coefficient (Wildman–Crippen LogP) is 4.04. The van der Waals surface area contributed by atoms with E-state index in [1.807, 2.05) is 14.0 Å². The third kappa shape index (κ3) is 13.8. The number of nitrogens with two attached hydrogens (primary N) is 1. The maximum atomic E-state index is 4.61. The van der Waals surface area contributed by atoms with Crippen LogP contribution in [0, 0.1) is 19.8 Å². The molecule has 0 saturated heterocycles. The number of terminal acetylenes is 1. The van der Waals surface area contributed by atoms with E-state index in [0.717, 1.165) is 5.70 Å². The van der Waals surface area contributed by atoms with Crippen LogP contribution in [0.15, 0.2) is 61.6 Å². The van der Waals surface area contributed by atoms with Crippen molar-refractivity contribution in [1.82, 2.24) is 5.32 Å². The molecule has 3 nitrogen and oxygen atoms in total. The second-order valence-electron chi connectivity index (χ2n) is 4.10. The Morgan fingerprint density at radius 1 is 1.27 bits per heavy atom. The van der Waals surface area contributed by atoms with Crippen molar-refractivity contribution in [2.24, 2.45) is 5.73 Å². The van der Waals surface area contributed by atoms with E-state index in [-0.39, 0.29) is 0 Å². The summed E-state index contributed by atoms with van der Waals surface area (Å²) in [6.07, 6.45) is 13.1. The highest BCUT2D eigenvalue weighted by Gasteiger charge is 2.00. The summed E-state index contributed by atoms with van der Waals surface area (Å²) in [7, 11) is 3.99. The summed E-state index contributed by atoms with van der Waals surface area (Å²) < 4.78 is 0. The van der Waals surface area contributed by atoms with Crippen LogP contribution in [0.3, 0.4) is 0 Å². The highest BCUT2D eigenvalue weighted by Crippen LogP contribution is 2.18. The van der Waals surface area contributed by atoms with Crippen molar-refractivity contribution in [2.45, 2.75) is 20.8 Å². The first-order chi connectivity index (χ1) is 10.5. The molecule has 3 heteroatoms. The van der Waals surface area contributed by atoms with Crippen LogP contribution in [-0.4, -0.2) is 14.1 Å². The van der Waals surface area contributed by atoms with Gasteiger partial charge < -0.3 is 16.0 Å². The smallest absolute Gasteiger partial charge is 0.0433 e. The first-order valence-electron chi connectivity index (χ1n) is 6.86. The van der Waals surface area contributed by atoms with Crippen molar-refractivity contribution in [3.05, 3.63) is 67.2 Å². The molecule has 0 aromatic heterocycles. The van der Waals surface area contributed by atoms with Gasteiger partial charge in [0.25, 0.3) is 0 Å². The monoisotopic (exact) mass is 301 g/mol. The number of nitrogens with zero attached hydrogens (tertiary/aromatic N) is 1. The SMILES string of the molecule is C#C.C=CC.C=CN.CN/C(C)=C/N(C)c1ccccc1C. The van der Waals surface area contributed by atoms with Gasteiger partial charge in [-0.05, 0) is 38.6 Å². The molecule has 0 radical (unpaired) electrons. The van der Waals surface area contributed by atoms with E-state index >= 15 is 0 Å². The van der Waals surface area contributed by atoms with E-state index in [2.05, 4.69) is 93.3 Å². The summed E-state index contributed by atoms with van der Waals surface area (Å²) in [4.78, 5) is 2.13. The van der Waals surface area contributed by atoms with E-state index in [9.17, 15) is 0 Å². The number of aryl methyl sites for hydroxylation is 1. The quantitative estimate of drug-likeness (QED) is 0.654. The zero-order valence-corrected chi connectivity index (χ0v) is 14.6. The molecule has 0 unspecified atom stereocenters. The van der Waals surface area contributed by atoms with Gasteiger partial charge in [0.1, 0.15) is 0 Å². The van der Waals surface area contributed by atoms with Gasteiger partial charge in [0.05, 0.1) is 0 Å². The van der Waals surface area contributed by atoms with Crippen LogP contribution in [0.4, 0.5) is 5.69 Å². The van der Waals surface area contributed by atoms with E-state index < -0.39 is 0 Å². The Bertz CT molecular complexity index is 439. The fourth-order valence-corrected chi connectivity index (χ4v) is 1.38. The van der Waals surface area contributed by atoms with Gasteiger partial charge in [-0.15, -0.1) is 19.4 Å². The van der Waals surface area contributed by atoms with Crippen molar-refractivity contribution in [2.75, 3.05) is 19.0 Å². The minimum atomic E-state index is 1.15. The molecule has 122 valence electrons. The fourth-order valence-electron chi connectivity index (χ4n) is 1.38. The molecule has 1 aromatic rings. The molecule has 0 amide bonds. The van der Waals surface area contributed by atoms with E-state index in [0.29, 0.717) is 0 Å². The summed E-state index contributed by atoms with van der Waals surface area (Å²) in [5, 5.41) is 3.10. The average molecular weight is 301 g/mol. The van der Waals surface area contributed by atoms with E-state index in [1.165, 1.54) is 17.5 Å². The summed E-state index contributed by atoms with van der Waals surface area (Å²) in [6.45, 7) is 12.6. The summed E-state index contributed by atoms with van der Waals surface area (Å²) in [5.41, 5.74) is 8.29. The molecule has 0 atom stereocenters. The number of hydrogen-bond donors (Lipinski definition) is 2. The lowest BCUT2D eigenvalue weighted by atomic mass is 10.2. The summed E-state index contributed by atoms with van der Waals surface area (Å²) in [5.74, 6) is 0. The number of hydrogen-bond acceptors (Lipinski definition) is 3. The second-order valence-corrected chi connectivity index (χ2v) is 4.10. The molecule has 0 spiro atoms. The minimum absolute atomic E-state index is 1.15. The second kappa shape index (κ2) is 18.4. The first-order valence-corrected chi connectivity index (χ1v) is 6.86. The van der Waals surface area contributed by atoms with Gasteiger partial charge in [0.15, 0.2) is 0 Å². The van der Waals surface area contributed by atoms with Crippen LogP contribution in [0.5, 0.6) is 0 Å². The number of nitrogens with one attached hydrogen (secondary N) is 1. The molecule has 1 aromatic carbocycles. The molecule has 0 saturated carbocycles. The van der Waals surface area contributed by atoms with Crippen LogP contribution in [0.2, 0.25) is 0 Å². The van der Waals surface area contributed by atoms with Crippen LogP contribution < -0.4 is 16.0 Å². The van der Waals surface area contributed by atoms with Crippen molar-refractivity contribution >= 4 is 5.69 Å². The number of benzene rings is 1. The van der Waals surface area contributed by atoms with E-state index in [1.54, 1.807) is 6.08 Å². The molecule has 0 fully saturated rings. The number of anilines is 1. The molecule has 1 rings (SSSR count). The molecular weight excluding hydrogens is 270 g/mol. The Hall–Kier alpha value is -2.60. The molecule has 0 aliphatic rings. The summed E-state index contributed by atoms with van der Waals surface area (Å²) >= 11 is 0. The molecule has 0 bridgehead atoms. The molecule has 3 N–H and O–H groups in total. The van der Waals surface area contributed by atoms with Crippen molar-refractivity contribution in [1.29, 1.82) is 0 Å². The van der Waals surface area contributed by atoms with Crippen molar-refractivity contribution in [3.8, 4) is 12.8 Å². The standard InChI is InChI=1S/C12H18N2.C3H6.C2H5N.C2H2/c1-10-7-5-6-8-12(10)14(4)9-11(2)13-3;1-3-2;1-2-3;1-2/h5-9,13H,1-4H3;3H,1H2,2H3;2H,1,3H2;1-2H/b11-9+;;;. The fraction of sp³-hybridized carbons (Fsp3) is 0.263. The predicted molar refractivity (Wildman–Crippen MR) is 103 cm³/mol. The van der Waals surface area contributed by atoms with Gasteiger partial charge in [0, 0.05) is 31.7 Å². The lowest BCUT2D eigenvalue weighted by Gasteiger charge is -2.17. The van der Waals surface area contributed by atoms with Gasteiger partial charge >= 0.3 is 0 Å². The van der Waals surface area contributed by atoms with Crippen molar-refractivity contribution in [3.63, 3.8) is 0 Å². The minimum Gasteiger partial charge on any atom is -0.405 e. The van der Waals surface area contributed by atoms with Crippen molar-refractivity contribution < 1.29 is 0 Å². The zero-order valence-electron chi connectivity index (χ0n) is 14.6. The number of rotatable bonds is 3. The van der Waals surface area contributed by atoms with Gasteiger partial charge in [-0.3, -0.25) is 0 Å². The van der Waals surface area contributed by atoms with Crippen LogP contribution in [-0.2, 0) is 0 Å². The lowest BCUT2D eigenvalue weighted by Crippen LogP contribution is -2.14. The molecule has 0 aliphatic heterocycles. The Kier molecular flexibility index (Phi) is 20.4. The molecule has 0 aliphatic carbocycles. The Labute approximate surface area is 137 Å². The third-order valence-corrected chi connectivity index (χ3v) is 2.28. The maximum Gasteiger partial charge on any atom is 0.0433 e. The Balaban J connectivity index is -0.000000382. The van der Waals surface area contributed by atoms with Gasteiger partial charge in [-0.1, -0.05) is 30.9 Å². The van der Waals surface area contributed by atoms with Gasteiger partial charge in [-0.2, -0.15) is 0 Å². The molecular formula is C19H31N3. The van der Waals surface area contributed by atoms with Crippen LogP contribution in [0.1, 0.15) is 19.4 Å². The number of allylic oxidation sites excluding steroid dienone is 2. The van der Waals surface area contributed by atoms with Crippen LogP contribution in [0.25, 0.3) is 0 Å². The Morgan fingerprint density at radius 2 is 1.68 bits per heavy atom. The molecule has 0 heterocycles. The number of para-hydroxylation sites is 1. The largest absolute Gasteiger partial charge is 0.405 e. The average Bonchev–Trinajstić information content (AvgIpc) is 2.51. The highest BCUT2D eigenvalue weighted by atomic mass is 15.1. The molecule has 22 heavy (non-hydrogen) atoms. The third-order valence-electron chi connectivity index (χ3n) is 2.28. The Morgan fingerprint density at radius 3 is 2.05 bits per heavy atom. The maximum absolute atomic E-state index is 4.61. The zero-order chi connectivity index (χ0) is 18.0. The summed E-state index contributed by atoms with van der Waals surface area (Å²) in [6, 6.07) is 8.35. The topological polar surface area (TPSA) is 41.3 Å². The highest BCUT2D eigenvalue weighted by molar-refractivity contribution is 5.54. The van der Waals surface area contributed by atoms with Crippen LogP contribution >= 0.6 is 0 Å².